The zero-order valence-corrected chi connectivity index (χ0v) is 9.98. The second-order valence-corrected chi connectivity index (χ2v) is 3.41. The summed E-state index contributed by atoms with van der Waals surface area (Å²) in [5.41, 5.74) is 0.992. The number of ether oxygens (including phenoxy) is 2. The Morgan fingerprint density at radius 3 is 2.71 bits per heavy atom. The van der Waals surface area contributed by atoms with E-state index in [4.69, 9.17) is 10.00 Å². The van der Waals surface area contributed by atoms with E-state index in [9.17, 15) is 4.79 Å². The molecule has 0 spiro atoms. The molecule has 90 valence electrons. The van der Waals surface area contributed by atoms with Crippen molar-refractivity contribution < 1.29 is 14.3 Å². The summed E-state index contributed by atoms with van der Waals surface area (Å²) < 4.78 is 9.66. The molecule has 0 heterocycles. The minimum atomic E-state index is -0.529. The van der Waals surface area contributed by atoms with Crippen LogP contribution >= 0.6 is 0 Å². The Hall–Kier alpha value is -2.22. The fourth-order valence-corrected chi connectivity index (χ4v) is 1.34. The molecule has 5 heteroatoms. The van der Waals surface area contributed by atoms with Gasteiger partial charge < -0.3 is 14.8 Å². The number of carbonyl (C=O) groups excluding carboxylic acids is 1. The van der Waals surface area contributed by atoms with Gasteiger partial charge in [-0.25, -0.2) is 4.79 Å². The molecule has 1 N–H and O–H groups in total. The van der Waals surface area contributed by atoms with Crippen molar-refractivity contribution in [1.82, 2.24) is 0 Å². The lowest BCUT2D eigenvalue weighted by Crippen LogP contribution is -2.27. The van der Waals surface area contributed by atoms with Crippen molar-refractivity contribution >= 4 is 11.7 Å². The van der Waals surface area contributed by atoms with E-state index in [1.54, 1.807) is 25.1 Å². The first-order valence-corrected chi connectivity index (χ1v) is 5.05. The van der Waals surface area contributed by atoms with Gasteiger partial charge in [-0.3, -0.25) is 0 Å². The lowest BCUT2D eigenvalue weighted by atomic mass is 10.1. The molecule has 0 bridgehead atoms. The van der Waals surface area contributed by atoms with E-state index in [0.29, 0.717) is 17.0 Å². The molecular formula is C12H14N2O3. The van der Waals surface area contributed by atoms with Crippen LogP contribution in [0, 0.1) is 11.3 Å². The van der Waals surface area contributed by atoms with E-state index < -0.39 is 12.0 Å². The minimum absolute atomic E-state index is 0.392. The first-order chi connectivity index (χ1) is 8.12. The van der Waals surface area contributed by atoms with Crippen LogP contribution in [0.5, 0.6) is 5.75 Å². The van der Waals surface area contributed by atoms with E-state index in [1.165, 1.54) is 14.2 Å². The van der Waals surface area contributed by atoms with Crippen molar-refractivity contribution in [2.24, 2.45) is 0 Å². The third-order valence-electron chi connectivity index (χ3n) is 2.27. The van der Waals surface area contributed by atoms with Crippen molar-refractivity contribution in [1.29, 1.82) is 5.26 Å². The molecule has 0 radical (unpaired) electrons. The molecule has 17 heavy (non-hydrogen) atoms. The third kappa shape index (κ3) is 3.11. The number of methoxy groups -OCH3 is 2. The van der Waals surface area contributed by atoms with Crippen LogP contribution in [0.4, 0.5) is 5.69 Å². The molecule has 0 saturated heterocycles. The van der Waals surface area contributed by atoms with Gasteiger partial charge in [0.15, 0.2) is 0 Å². The van der Waals surface area contributed by atoms with Gasteiger partial charge in [0.25, 0.3) is 0 Å². The summed E-state index contributed by atoms with van der Waals surface area (Å²) in [6.45, 7) is 1.66. The fraction of sp³-hybridized carbons (Fsp3) is 0.333. The maximum absolute atomic E-state index is 11.3. The summed E-state index contributed by atoms with van der Waals surface area (Å²) in [4.78, 5) is 11.3. The molecule has 0 aliphatic rings. The fourth-order valence-electron chi connectivity index (χ4n) is 1.34. The molecule has 1 atom stereocenters. The topological polar surface area (TPSA) is 71.3 Å². The number of rotatable bonds is 4. The lowest BCUT2D eigenvalue weighted by molar-refractivity contribution is -0.141. The molecule has 0 aliphatic heterocycles. The van der Waals surface area contributed by atoms with Crippen LogP contribution in [0.1, 0.15) is 12.5 Å². The monoisotopic (exact) mass is 234 g/mol. The van der Waals surface area contributed by atoms with Gasteiger partial charge in [-0.1, -0.05) is 0 Å². The van der Waals surface area contributed by atoms with E-state index in [2.05, 4.69) is 10.1 Å². The summed E-state index contributed by atoms with van der Waals surface area (Å²) in [6, 6.07) is 6.49. The van der Waals surface area contributed by atoms with E-state index >= 15 is 0 Å². The number of hydrogen-bond acceptors (Lipinski definition) is 5. The molecule has 5 nitrogen and oxygen atoms in total. The molecule has 1 aromatic carbocycles. The number of esters is 1. The van der Waals surface area contributed by atoms with Gasteiger partial charge in [-0.05, 0) is 19.1 Å². The standard InChI is InChI=1S/C12H14N2O3/c1-8(12(15)17-3)14-11-6-10(16-2)5-4-9(11)7-13/h4-6,8,14H,1-3H3. The summed E-state index contributed by atoms with van der Waals surface area (Å²) in [5.74, 6) is 0.222. The zero-order valence-electron chi connectivity index (χ0n) is 9.98. The van der Waals surface area contributed by atoms with Gasteiger partial charge in [0.2, 0.25) is 0 Å². The van der Waals surface area contributed by atoms with Crippen LogP contribution in [0.2, 0.25) is 0 Å². The van der Waals surface area contributed by atoms with Crippen molar-refractivity contribution in [3.63, 3.8) is 0 Å². The Morgan fingerprint density at radius 1 is 1.47 bits per heavy atom. The van der Waals surface area contributed by atoms with E-state index in [-0.39, 0.29) is 0 Å². The molecule has 0 saturated carbocycles. The van der Waals surface area contributed by atoms with E-state index in [1.807, 2.05) is 6.07 Å². The second kappa shape index (κ2) is 5.75. The molecule has 0 aromatic heterocycles. The Bertz CT molecular complexity index is 452. The molecule has 0 fully saturated rings. The first kappa shape index (κ1) is 12.8. The highest BCUT2D eigenvalue weighted by atomic mass is 16.5. The predicted molar refractivity (Wildman–Crippen MR) is 62.8 cm³/mol. The molecule has 0 aliphatic carbocycles. The van der Waals surface area contributed by atoms with Gasteiger partial charge in [-0.2, -0.15) is 5.26 Å². The zero-order chi connectivity index (χ0) is 12.8. The number of carbonyl (C=O) groups is 1. The van der Waals surface area contributed by atoms with Crippen molar-refractivity contribution in [3.8, 4) is 11.8 Å². The number of benzene rings is 1. The van der Waals surface area contributed by atoms with E-state index in [0.717, 1.165) is 0 Å². The van der Waals surface area contributed by atoms with Gasteiger partial charge in [-0.15, -0.1) is 0 Å². The van der Waals surface area contributed by atoms with Crippen LogP contribution in [0.15, 0.2) is 18.2 Å². The van der Waals surface area contributed by atoms with Crippen LogP contribution in [-0.4, -0.2) is 26.2 Å². The predicted octanol–water partition coefficient (Wildman–Crippen LogP) is 1.54. The summed E-state index contributed by atoms with van der Waals surface area (Å²) in [7, 11) is 2.85. The number of nitriles is 1. The molecule has 0 amide bonds. The van der Waals surface area contributed by atoms with Gasteiger partial charge in [0.05, 0.1) is 25.5 Å². The summed E-state index contributed by atoms with van der Waals surface area (Å²) in [6.07, 6.45) is 0. The lowest BCUT2D eigenvalue weighted by Gasteiger charge is -2.14. The molecular weight excluding hydrogens is 220 g/mol. The van der Waals surface area contributed by atoms with Gasteiger partial charge in [0.1, 0.15) is 17.9 Å². The Kier molecular flexibility index (Phi) is 4.35. The normalized spacial score (nSPS) is 11.2. The summed E-state index contributed by atoms with van der Waals surface area (Å²) in [5, 5.41) is 11.9. The number of nitrogens with one attached hydrogen (secondary N) is 1. The van der Waals surface area contributed by atoms with Crippen molar-refractivity contribution in [3.05, 3.63) is 23.8 Å². The Labute approximate surface area is 100.0 Å². The number of hydrogen-bond donors (Lipinski definition) is 1. The Balaban J connectivity index is 2.96. The Morgan fingerprint density at radius 2 is 2.18 bits per heavy atom. The maximum atomic E-state index is 11.3. The van der Waals surface area contributed by atoms with Gasteiger partial charge in [0, 0.05) is 6.07 Å². The smallest absolute Gasteiger partial charge is 0.327 e. The molecule has 1 rings (SSSR count). The highest BCUT2D eigenvalue weighted by molar-refractivity contribution is 5.79. The number of nitrogens with zero attached hydrogens (tertiary/aromatic N) is 1. The SMILES string of the molecule is COC(=O)C(C)Nc1cc(OC)ccc1C#N. The second-order valence-electron chi connectivity index (χ2n) is 3.41. The molecule has 1 aromatic rings. The largest absolute Gasteiger partial charge is 0.497 e. The van der Waals surface area contributed by atoms with Crippen molar-refractivity contribution in [2.45, 2.75) is 13.0 Å². The molecule has 1 unspecified atom stereocenters. The van der Waals surface area contributed by atoms with Gasteiger partial charge >= 0.3 is 5.97 Å². The quantitative estimate of drug-likeness (QED) is 0.800. The average Bonchev–Trinajstić information content (AvgIpc) is 2.37. The summed E-state index contributed by atoms with van der Waals surface area (Å²) >= 11 is 0. The van der Waals surface area contributed by atoms with Crippen LogP contribution in [0.3, 0.4) is 0 Å². The minimum Gasteiger partial charge on any atom is -0.497 e. The van der Waals surface area contributed by atoms with Crippen LogP contribution in [-0.2, 0) is 9.53 Å². The number of anilines is 1. The average molecular weight is 234 g/mol. The highest BCUT2D eigenvalue weighted by Gasteiger charge is 2.14. The van der Waals surface area contributed by atoms with Crippen LogP contribution < -0.4 is 10.1 Å². The third-order valence-corrected chi connectivity index (χ3v) is 2.27. The van der Waals surface area contributed by atoms with Crippen LogP contribution in [0.25, 0.3) is 0 Å². The first-order valence-electron chi connectivity index (χ1n) is 5.05. The van der Waals surface area contributed by atoms with Crippen molar-refractivity contribution in [2.75, 3.05) is 19.5 Å². The maximum Gasteiger partial charge on any atom is 0.327 e. The highest BCUT2D eigenvalue weighted by Crippen LogP contribution is 2.22.